The Balaban J connectivity index is 1.40. The molecule has 5 rings (SSSR count). The van der Waals surface area contributed by atoms with Crippen LogP contribution in [0.2, 0.25) is 0 Å². The molecule has 156 valence electrons. The first-order valence-corrected chi connectivity index (χ1v) is 9.76. The van der Waals surface area contributed by atoms with Gasteiger partial charge >= 0.3 is 0 Å². The third-order valence-corrected chi connectivity index (χ3v) is 4.91. The maximum absolute atomic E-state index is 6.06. The summed E-state index contributed by atoms with van der Waals surface area (Å²) in [5.74, 6) is 3.64. The van der Waals surface area contributed by atoms with Crippen molar-refractivity contribution in [3.05, 3.63) is 78.3 Å². The van der Waals surface area contributed by atoms with Gasteiger partial charge in [0.1, 0.15) is 11.6 Å². The van der Waals surface area contributed by atoms with E-state index in [9.17, 15) is 0 Å². The monoisotopic (exact) mass is 416 g/mol. The summed E-state index contributed by atoms with van der Waals surface area (Å²) >= 11 is 0. The maximum atomic E-state index is 6.06. The number of methoxy groups -OCH3 is 1. The molecular weight excluding hydrogens is 396 g/mol. The normalized spacial score (nSPS) is 12.1. The van der Waals surface area contributed by atoms with Gasteiger partial charge < -0.3 is 23.5 Å². The molecule has 1 aliphatic heterocycles. The number of aryl methyl sites for hydroxylation is 1. The molecular formula is C23H20N4O4. The number of hydrogen-bond donors (Lipinski definition) is 0. The minimum Gasteiger partial charge on any atom is -0.490 e. The highest BCUT2D eigenvalue weighted by Crippen LogP contribution is 2.35. The molecule has 8 heteroatoms. The fourth-order valence-electron chi connectivity index (χ4n) is 3.42. The molecule has 2 aromatic heterocycles. The average molecular weight is 416 g/mol. The van der Waals surface area contributed by atoms with Crippen LogP contribution in [0.15, 0.2) is 61.2 Å². The number of fused-ring (bicyclic) bond motifs is 1. The Labute approximate surface area is 179 Å². The van der Waals surface area contributed by atoms with Crippen LogP contribution in [0.4, 0.5) is 0 Å². The van der Waals surface area contributed by atoms with E-state index in [2.05, 4.69) is 15.0 Å². The van der Waals surface area contributed by atoms with Crippen molar-refractivity contribution in [1.82, 2.24) is 19.5 Å². The average Bonchev–Trinajstić information content (AvgIpc) is 3.46. The van der Waals surface area contributed by atoms with E-state index in [1.807, 2.05) is 60.2 Å². The summed E-state index contributed by atoms with van der Waals surface area (Å²) in [6, 6.07) is 13.5. The predicted octanol–water partition coefficient (Wildman–Crippen LogP) is 4.09. The highest BCUT2D eigenvalue weighted by Gasteiger charge is 2.17. The van der Waals surface area contributed by atoms with E-state index in [0.717, 1.165) is 22.7 Å². The van der Waals surface area contributed by atoms with E-state index in [1.54, 1.807) is 19.6 Å². The molecule has 0 atom stereocenters. The van der Waals surface area contributed by atoms with Crippen molar-refractivity contribution in [2.24, 2.45) is 0 Å². The van der Waals surface area contributed by atoms with Crippen LogP contribution in [0, 0.1) is 6.92 Å². The van der Waals surface area contributed by atoms with Gasteiger partial charge in [0.05, 0.1) is 19.1 Å². The van der Waals surface area contributed by atoms with Crippen molar-refractivity contribution in [3.63, 3.8) is 0 Å². The number of benzene rings is 2. The first-order chi connectivity index (χ1) is 15.2. The Kier molecular flexibility index (Phi) is 4.87. The van der Waals surface area contributed by atoms with Crippen LogP contribution in [0.1, 0.15) is 17.1 Å². The predicted molar refractivity (Wildman–Crippen MR) is 112 cm³/mol. The van der Waals surface area contributed by atoms with Crippen molar-refractivity contribution in [1.29, 1.82) is 0 Å². The lowest BCUT2D eigenvalue weighted by molar-refractivity contribution is 0.174. The van der Waals surface area contributed by atoms with Gasteiger partial charge in [0, 0.05) is 24.5 Å². The number of ether oxygens (including phenoxy) is 4. The van der Waals surface area contributed by atoms with E-state index in [0.29, 0.717) is 35.3 Å². The minimum absolute atomic E-state index is 0.245. The molecule has 0 amide bonds. The molecule has 4 aromatic rings. The van der Waals surface area contributed by atoms with Crippen molar-refractivity contribution >= 4 is 0 Å². The van der Waals surface area contributed by atoms with Gasteiger partial charge in [-0.25, -0.2) is 9.97 Å². The molecule has 0 radical (unpaired) electrons. The van der Waals surface area contributed by atoms with Crippen molar-refractivity contribution in [2.75, 3.05) is 13.9 Å². The van der Waals surface area contributed by atoms with Crippen molar-refractivity contribution in [2.45, 2.75) is 13.3 Å². The molecule has 0 N–H and O–H groups in total. The molecule has 0 unspecified atom stereocenters. The van der Waals surface area contributed by atoms with Crippen LogP contribution >= 0.6 is 0 Å². The number of rotatable bonds is 6. The lowest BCUT2D eigenvalue weighted by Crippen LogP contribution is -2.04. The van der Waals surface area contributed by atoms with E-state index in [4.69, 9.17) is 18.9 Å². The highest BCUT2D eigenvalue weighted by atomic mass is 16.7. The van der Waals surface area contributed by atoms with Gasteiger partial charge in [-0.2, -0.15) is 4.98 Å². The van der Waals surface area contributed by atoms with E-state index < -0.39 is 0 Å². The second-order valence-corrected chi connectivity index (χ2v) is 6.99. The first-order valence-electron chi connectivity index (χ1n) is 9.76. The second-order valence-electron chi connectivity index (χ2n) is 6.99. The summed E-state index contributed by atoms with van der Waals surface area (Å²) in [6.45, 7) is 2.12. The summed E-state index contributed by atoms with van der Waals surface area (Å²) in [7, 11) is 1.58. The summed E-state index contributed by atoms with van der Waals surface area (Å²) in [4.78, 5) is 13.3. The van der Waals surface area contributed by atoms with Crippen LogP contribution < -0.4 is 18.9 Å². The topological polar surface area (TPSA) is 80.5 Å². The second kappa shape index (κ2) is 7.98. The number of nitrogens with zero attached hydrogens (tertiary/aromatic N) is 4. The molecule has 8 nitrogen and oxygen atoms in total. The Morgan fingerprint density at radius 1 is 1.03 bits per heavy atom. The van der Waals surface area contributed by atoms with Gasteiger partial charge in [0.2, 0.25) is 12.5 Å². The van der Waals surface area contributed by atoms with Crippen LogP contribution in [0.3, 0.4) is 0 Å². The smallest absolute Gasteiger partial charge is 0.266 e. The summed E-state index contributed by atoms with van der Waals surface area (Å²) in [5, 5.41) is 0. The SMILES string of the molecule is COc1c(C)nc(Cc2ccc3c(c2)OCO3)nc1Oc1ccc(-n2ccnc2)cc1. The van der Waals surface area contributed by atoms with Crippen LogP contribution in [0.25, 0.3) is 5.69 Å². The van der Waals surface area contributed by atoms with E-state index in [-0.39, 0.29) is 6.79 Å². The Hall–Kier alpha value is -4.07. The molecule has 1 aliphatic rings. The van der Waals surface area contributed by atoms with Gasteiger partial charge in [-0.05, 0) is 48.9 Å². The number of hydrogen-bond acceptors (Lipinski definition) is 7. The summed E-state index contributed by atoms with van der Waals surface area (Å²) < 4.78 is 24.3. The third kappa shape index (κ3) is 3.87. The molecule has 2 aromatic carbocycles. The van der Waals surface area contributed by atoms with E-state index >= 15 is 0 Å². The molecule has 0 spiro atoms. The van der Waals surface area contributed by atoms with Gasteiger partial charge in [-0.1, -0.05) is 6.07 Å². The minimum atomic E-state index is 0.245. The lowest BCUT2D eigenvalue weighted by atomic mass is 10.1. The Morgan fingerprint density at radius 2 is 1.87 bits per heavy atom. The molecule has 31 heavy (non-hydrogen) atoms. The van der Waals surface area contributed by atoms with Gasteiger partial charge in [-0.15, -0.1) is 0 Å². The van der Waals surface area contributed by atoms with Crippen LogP contribution in [-0.2, 0) is 6.42 Å². The molecule has 0 fully saturated rings. The maximum Gasteiger partial charge on any atom is 0.266 e. The fraction of sp³-hybridized carbons (Fsp3) is 0.174. The van der Waals surface area contributed by atoms with Crippen LogP contribution in [-0.4, -0.2) is 33.4 Å². The third-order valence-electron chi connectivity index (χ3n) is 4.91. The molecule has 0 bridgehead atoms. The molecule has 0 aliphatic carbocycles. The fourth-order valence-corrected chi connectivity index (χ4v) is 3.42. The zero-order valence-electron chi connectivity index (χ0n) is 17.1. The summed E-state index contributed by atoms with van der Waals surface area (Å²) in [6.07, 6.45) is 5.89. The van der Waals surface area contributed by atoms with Gasteiger partial charge in [-0.3, -0.25) is 0 Å². The summed E-state index contributed by atoms with van der Waals surface area (Å²) in [5.41, 5.74) is 2.71. The lowest BCUT2D eigenvalue weighted by Gasteiger charge is -2.13. The number of imidazole rings is 1. The Bertz CT molecular complexity index is 1210. The van der Waals surface area contributed by atoms with Gasteiger partial charge in [0.25, 0.3) is 5.88 Å². The van der Waals surface area contributed by atoms with Crippen LogP contribution in [0.5, 0.6) is 28.9 Å². The van der Waals surface area contributed by atoms with Crippen molar-refractivity contribution < 1.29 is 18.9 Å². The molecule has 3 heterocycles. The zero-order valence-corrected chi connectivity index (χ0v) is 17.1. The van der Waals surface area contributed by atoms with Gasteiger partial charge in [0.15, 0.2) is 11.5 Å². The highest BCUT2D eigenvalue weighted by molar-refractivity contribution is 5.46. The first kappa shape index (κ1) is 18.9. The molecule has 0 saturated heterocycles. The Morgan fingerprint density at radius 3 is 2.65 bits per heavy atom. The zero-order chi connectivity index (χ0) is 21.2. The van der Waals surface area contributed by atoms with E-state index in [1.165, 1.54) is 0 Å². The largest absolute Gasteiger partial charge is 0.490 e. The quantitative estimate of drug-likeness (QED) is 0.468. The number of aromatic nitrogens is 4. The standard InChI is InChI=1S/C23H20N4O4/c1-15-22(28-2)23(31-18-6-4-17(5-7-18)27-10-9-24-13-27)26-21(25-15)12-16-3-8-19-20(11-16)30-14-29-19/h3-11,13H,12,14H2,1-2H3. The van der Waals surface area contributed by atoms with Crippen molar-refractivity contribution in [3.8, 4) is 34.6 Å². The molecule has 0 saturated carbocycles.